The smallest absolute Gasteiger partial charge is 0.338 e. The number of hydrogen-bond acceptors (Lipinski definition) is 7. The molecule has 0 saturated heterocycles. The number of amides is 2. The van der Waals surface area contributed by atoms with Crippen LogP contribution in [-0.4, -0.2) is 24.4 Å². The van der Waals surface area contributed by atoms with E-state index in [9.17, 15) is 19.2 Å². The molecule has 0 aliphatic heterocycles. The number of nitrogens with one attached hydrogen (secondary N) is 1. The summed E-state index contributed by atoms with van der Waals surface area (Å²) in [7, 11) is 0. The van der Waals surface area contributed by atoms with Crippen LogP contribution in [0.2, 0.25) is 0 Å². The first-order chi connectivity index (χ1) is 17.3. The molecular weight excluding hydrogens is 464 g/mol. The van der Waals surface area contributed by atoms with Gasteiger partial charge in [0.2, 0.25) is 5.91 Å². The lowest BCUT2D eigenvalue weighted by Gasteiger charge is -2.09. The van der Waals surface area contributed by atoms with Gasteiger partial charge >= 0.3 is 11.6 Å². The van der Waals surface area contributed by atoms with E-state index in [1.807, 2.05) is 13.0 Å². The van der Waals surface area contributed by atoms with Crippen molar-refractivity contribution < 1.29 is 28.3 Å². The Morgan fingerprint density at radius 3 is 2.31 bits per heavy atom. The fourth-order valence-corrected chi connectivity index (χ4v) is 3.43. The van der Waals surface area contributed by atoms with Gasteiger partial charge in [-0.25, -0.2) is 9.59 Å². The third-order valence-electron chi connectivity index (χ3n) is 5.31. The molecule has 182 valence electrons. The zero-order chi connectivity index (χ0) is 25.7. The van der Waals surface area contributed by atoms with E-state index >= 15 is 0 Å². The molecular formula is C27H22N2O7. The molecule has 1 aromatic heterocycles. The maximum Gasteiger partial charge on any atom is 0.338 e. The second kappa shape index (κ2) is 10.6. The maximum absolute atomic E-state index is 12.3. The summed E-state index contributed by atoms with van der Waals surface area (Å²) in [5.41, 5.74) is 7.86. The van der Waals surface area contributed by atoms with Crippen molar-refractivity contribution in [2.24, 2.45) is 5.73 Å². The standard InChI is InChI=1S/C27H22N2O7/c1-16-12-25(31)36-23-13-21(10-11-22(16)23)34-14-17-2-4-19(5-3-17)27(33)35-15-24(30)29-20-8-6-18(7-9-20)26(28)32/h2-13H,14-15H2,1H3,(H2,28,32)(H,29,30). The van der Waals surface area contributed by atoms with Crippen molar-refractivity contribution in [3.8, 4) is 5.75 Å². The van der Waals surface area contributed by atoms with Gasteiger partial charge in [0.05, 0.1) is 5.56 Å². The Hall–Kier alpha value is -4.92. The van der Waals surface area contributed by atoms with Crippen LogP contribution in [-0.2, 0) is 16.1 Å². The lowest BCUT2D eigenvalue weighted by Crippen LogP contribution is -2.21. The molecule has 0 saturated carbocycles. The molecule has 9 nitrogen and oxygen atoms in total. The van der Waals surface area contributed by atoms with Gasteiger partial charge < -0.3 is 24.9 Å². The molecule has 0 unspecified atom stereocenters. The molecule has 0 radical (unpaired) electrons. The summed E-state index contributed by atoms with van der Waals surface area (Å²) in [6.07, 6.45) is 0. The Morgan fingerprint density at radius 1 is 0.917 bits per heavy atom. The molecule has 0 spiro atoms. The van der Waals surface area contributed by atoms with Crippen LogP contribution in [0.3, 0.4) is 0 Å². The first kappa shape index (κ1) is 24.2. The topological polar surface area (TPSA) is 138 Å². The fraction of sp³-hybridized carbons (Fsp3) is 0.111. The number of rotatable bonds is 8. The Labute approximate surface area is 205 Å². The van der Waals surface area contributed by atoms with Crippen molar-refractivity contribution in [2.75, 3.05) is 11.9 Å². The van der Waals surface area contributed by atoms with Crippen LogP contribution in [0.5, 0.6) is 5.75 Å². The van der Waals surface area contributed by atoms with E-state index in [-0.39, 0.29) is 12.2 Å². The van der Waals surface area contributed by atoms with Crippen molar-refractivity contribution in [2.45, 2.75) is 13.5 Å². The minimum Gasteiger partial charge on any atom is -0.489 e. The quantitative estimate of drug-likeness (QED) is 0.287. The number of anilines is 1. The summed E-state index contributed by atoms with van der Waals surface area (Å²) >= 11 is 0. The minimum absolute atomic E-state index is 0.230. The summed E-state index contributed by atoms with van der Waals surface area (Å²) in [6, 6.07) is 19.3. The number of carbonyl (C=O) groups is 3. The number of ether oxygens (including phenoxy) is 2. The van der Waals surface area contributed by atoms with Crippen LogP contribution < -0.4 is 21.4 Å². The lowest BCUT2D eigenvalue weighted by atomic mass is 10.1. The lowest BCUT2D eigenvalue weighted by molar-refractivity contribution is -0.119. The molecule has 9 heteroatoms. The van der Waals surface area contributed by atoms with Gasteiger partial charge in [-0.15, -0.1) is 0 Å². The number of hydrogen-bond donors (Lipinski definition) is 2. The highest BCUT2D eigenvalue weighted by Gasteiger charge is 2.11. The highest BCUT2D eigenvalue weighted by Crippen LogP contribution is 2.23. The number of benzene rings is 3. The molecule has 1 heterocycles. The van der Waals surface area contributed by atoms with Gasteiger partial charge in [-0.05, 0) is 66.6 Å². The first-order valence-electron chi connectivity index (χ1n) is 10.9. The third kappa shape index (κ3) is 5.95. The number of primary amides is 1. The first-order valence-corrected chi connectivity index (χ1v) is 10.9. The summed E-state index contributed by atoms with van der Waals surface area (Å²) < 4.78 is 16.1. The molecule has 36 heavy (non-hydrogen) atoms. The molecule has 3 aromatic carbocycles. The van der Waals surface area contributed by atoms with E-state index in [1.54, 1.807) is 36.4 Å². The van der Waals surface area contributed by atoms with Crippen molar-refractivity contribution in [1.82, 2.24) is 0 Å². The predicted molar refractivity (Wildman–Crippen MR) is 132 cm³/mol. The number of aryl methyl sites for hydroxylation is 1. The second-order valence-corrected chi connectivity index (χ2v) is 7.96. The summed E-state index contributed by atoms with van der Waals surface area (Å²) in [6.45, 7) is 1.59. The summed E-state index contributed by atoms with van der Waals surface area (Å²) in [5.74, 6) is -1.21. The van der Waals surface area contributed by atoms with Crippen molar-refractivity contribution in [1.29, 1.82) is 0 Å². The average Bonchev–Trinajstić information content (AvgIpc) is 2.86. The van der Waals surface area contributed by atoms with Crippen molar-refractivity contribution in [3.63, 3.8) is 0 Å². The van der Waals surface area contributed by atoms with Crippen molar-refractivity contribution >= 4 is 34.4 Å². The Morgan fingerprint density at radius 2 is 1.61 bits per heavy atom. The van der Waals surface area contributed by atoms with Crippen molar-refractivity contribution in [3.05, 3.63) is 105 Å². The van der Waals surface area contributed by atoms with E-state index in [4.69, 9.17) is 19.6 Å². The van der Waals surface area contributed by atoms with Crippen LogP contribution in [0.1, 0.15) is 31.8 Å². The maximum atomic E-state index is 12.3. The SMILES string of the molecule is Cc1cc(=O)oc2cc(OCc3ccc(C(=O)OCC(=O)Nc4ccc(C(N)=O)cc4)cc3)ccc12. The van der Waals surface area contributed by atoms with Crippen LogP contribution in [0.25, 0.3) is 11.0 Å². The molecule has 0 aliphatic carbocycles. The summed E-state index contributed by atoms with van der Waals surface area (Å²) in [4.78, 5) is 47.0. The Kier molecular flexibility index (Phi) is 7.10. The normalized spacial score (nSPS) is 10.6. The van der Waals surface area contributed by atoms with Gasteiger partial charge in [0, 0.05) is 28.8 Å². The molecule has 0 fully saturated rings. The van der Waals surface area contributed by atoms with Crippen LogP contribution >= 0.6 is 0 Å². The van der Waals surface area contributed by atoms with Gasteiger partial charge in [-0.2, -0.15) is 0 Å². The Balaban J connectivity index is 1.28. The van der Waals surface area contributed by atoms with E-state index < -0.39 is 30.0 Å². The molecule has 0 bridgehead atoms. The molecule has 0 atom stereocenters. The van der Waals surface area contributed by atoms with E-state index in [1.165, 1.54) is 30.3 Å². The minimum atomic E-state index is -0.651. The molecule has 2 amide bonds. The van der Waals surface area contributed by atoms with Crippen LogP contribution in [0, 0.1) is 6.92 Å². The van der Waals surface area contributed by atoms with Crippen LogP contribution in [0.15, 0.2) is 82.0 Å². The number of esters is 1. The third-order valence-corrected chi connectivity index (χ3v) is 5.31. The summed E-state index contributed by atoms with van der Waals surface area (Å²) in [5, 5.41) is 3.40. The van der Waals surface area contributed by atoms with Gasteiger partial charge in [0.15, 0.2) is 6.61 Å². The monoisotopic (exact) mass is 486 g/mol. The molecule has 0 aliphatic rings. The zero-order valence-electron chi connectivity index (χ0n) is 19.3. The van der Waals surface area contributed by atoms with Gasteiger partial charge in [-0.3, -0.25) is 9.59 Å². The molecule has 3 N–H and O–H groups in total. The second-order valence-electron chi connectivity index (χ2n) is 7.96. The van der Waals surface area contributed by atoms with Gasteiger partial charge in [0.25, 0.3) is 5.91 Å². The number of nitrogens with two attached hydrogens (primary N) is 1. The highest BCUT2D eigenvalue weighted by atomic mass is 16.5. The van der Waals surface area contributed by atoms with Gasteiger partial charge in [-0.1, -0.05) is 12.1 Å². The fourth-order valence-electron chi connectivity index (χ4n) is 3.43. The predicted octanol–water partition coefficient (Wildman–Crippen LogP) is 3.57. The number of carbonyl (C=O) groups excluding carboxylic acids is 3. The Bertz CT molecular complexity index is 1490. The van der Waals surface area contributed by atoms with E-state index in [2.05, 4.69) is 5.32 Å². The largest absolute Gasteiger partial charge is 0.489 e. The zero-order valence-corrected chi connectivity index (χ0v) is 19.3. The highest BCUT2D eigenvalue weighted by molar-refractivity contribution is 5.96. The average molecular weight is 486 g/mol. The molecule has 4 aromatic rings. The van der Waals surface area contributed by atoms with E-state index in [0.29, 0.717) is 22.6 Å². The van der Waals surface area contributed by atoms with Gasteiger partial charge in [0.1, 0.15) is 17.9 Å². The van der Waals surface area contributed by atoms with E-state index in [0.717, 1.165) is 16.5 Å². The molecule has 4 rings (SSSR count). The van der Waals surface area contributed by atoms with Crippen LogP contribution in [0.4, 0.5) is 5.69 Å². The number of fused-ring (bicyclic) bond motifs is 1.